The molecule has 0 heterocycles. The molecule has 0 aromatic heterocycles. The van der Waals surface area contributed by atoms with Crippen LogP contribution in [-0.2, 0) is 4.79 Å². The molecular weight excluding hydrogens is 306 g/mol. The van der Waals surface area contributed by atoms with Gasteiger partial charge in [-0.25, -0.2) is 0 Å². The summed E-state index contributed by atoms with van der Waals surface area (Å²) in [6.45, 7) is 6.28. The van der Waals surface area contributed by atoms with E-state index in [9.17, 15) is 4.79 Å². The largest absolute Gasteiger partial charge is 0.355 e. The average molecular weight is 328 g/mol. The lowest BCUT2D eigenvalue weighted by Crippen LogP contribution is -2.41. The first-order chi connectivity index (χ1) is 9.12. The summed E-state index contributed by atoms with van der Waals surface area (Å²) >= 11 is 3.42. The molecule has 0 bridgehead atoms. The van der Waals surface area contributed by atoms with Gasteiger partial charge in [0.1, 0.15) is 0 Å². The number of halogens is 1. The van der Waals surface area contributed by atoms with Crippen LogP contribution in [0.2, 0.25) is 0 Å². The van der Waals surface area contributed by atoms with E-state index in [1.54, 1.807) is 0 Å². The van der Waals surface area contributed by atoms with Crippen LogP contribution >= 0.6 is 15.9 Å². The summed E-state index contributed by atoms with van der Waals surface area (Å²) in [6, 6.07) is 8.15. The lowest BCUT2D eigenvalue weighted by Gasteiger charge is -2.29. The van der Waals surface area contributed by atoms with Gasteiger partial charge in [0.25, 0.3) is 0 Å². The second kappa shape index (κ2) is 8.30. The van der Waals surface area contributed by atoms with E-state index < -0.39 is 0 Å². The normalized spacial score (nSPS) is 12.5. The predicted octanol–water partition coefficient (Wildman–Crippen LogP) is 1.91. The Hall–Kier alpha value is -0.910. The third kappa shape index (κ3) is 4.93. The molecule has 0 aliphatic rings. The van der Waals surface area contributed by atoms with E-state index in [0.717, 1.165) is 16.6 Å². The lowest BCUT2D eigenvalue weighted by molar-refractivity contribution is -0.122. The van der Waals surface area contributed by atoms with Crippen LogP contribution in [0.4, 0.5) is 0 Å². The molecule has 1 aromatic carbocycles. The van der Waals surface area contributed by atoms with E-state index >= 15 is 0 Å². The number of hydrogen-bond donors (Lipinski definition) is 2. The number of carbonyl (C=O) groups is 1. The van der Waals surface area contributed by atoms with Crippen LogP contribution in [0.1, 0.15) is 25.5 Å². The number of nitrogens with one attached hydrogen (secondary N) is 1. The minimum atomic E-state index is 0.0416. The van der Waals surface area contributed by atoms with Gasteiger partial charge in [0.15, 0.2) is 0 Å². The van der Waals surface area contributed by atoms with Gasteiger partial charge in [-0.1, -0.05) is 35.0 Å². The second-order valence-electron chi connectivity index (χ2n) is 4.32. The number of likely N-dealkylation sites (N-methyl/N-ethyl adjacent to an activating group) is 2. The van der Waals surface area contributed by atoms with Crippen molar-refractivity contribution in [3.8, 4) is 0 Å². The van der Waals surface area contributed by atoms with Gasteiger partial charge in [-0.3, -0.25) is 9.69 Å². The third-order valence-electron chi connectivity index (χ3n) is 3.05. The Balaban J connectivity index is 2.80. The molecule has 3 N–H and O–H groups in total. The minimum Gasteiger partial charge on any atom is -0.355 e. The van der Waals surface area contributed by atoms with Crippen molar-refractivity contribution in [1.29, 1.82) is 0 Å². The Morgan fingerprint density at radius 3 is 2.47 bits per heavy atom. The first-order valence-electron chi connectivity index (χ1n) is 6.58. The van der Waals surface area contributed by atoms with Crippen molar-refractivity contribution in [1.82, 2.24) is 10.2 Å². The Morgan fingerprint density at radius 2 is 2.00 bits per heavy atom. The van der Waals surface area contributed by atoms with E-state index in [1.165, 1.54) is 0 Å². The molecule has 0 radical (unpaired) electrons. The first kappa shape index (κ1) is 16.1. The summed E-state index contributed by atoms with van der Waals surface area (Å²) in [5.74, 6) is 0.0416. The van der Waals surface area contributed by atoms with Crippen LogP contribution < -0.4 is 11.1 Å². The number of carbonyl (C=O) groups excluding carboxylic acids is 1. The first-order valence-corrected chi connectivity index (χ1v) is 7.37. The number of benzene rings is 1. The summed E-state index contributed by atoms with van der Waals surface area (Å²) < 4.78 is 1.04. The van der Waals surface area contributed by atoms with Crippen molar-refractivity contribution in [3.05, 3.63) is 34.3 Å². The van der Waals surface area contributed by atoms with Gasteiger partial charge in [-0.15, -0.1) is 0 Å². The van der Waals surface area contributed by atoms with Gasteiger partial charge in [0, 0.05) is 23.6 Å². The van der Waals surface area contributed by atoms with Gasteiger partial charge in [0.2, 0.25) is 5.91 Å². The molecular formula is C14H22BrN3O. The molecule has 0 spiro atoms. The molecule has 0 aliphatic heterocycles. The SMILES string of the molecule is CCNC(=O)CN(CC)C(CN)c1ccc(Br)cc1. The number of amides is 1. The van der Waals surface area contributed by atoms with E-state index in [1.807, 2.05) is 38.1 Å². The van der Waals surface area contributed by atoms with Crippen LogP contribution in [0, 0.1) is 0 Å². The molecule has 1 rings (SSSR count). The van der Waals surface area contributed by atoms with Crippen LogP contribution in [0.3, 0.4) is 0 Å². The van der Waals surface area contributed by atoms with Crippen LogP contribution in [0.15, 0.2) is 28.7 Å². The highest BCUT2D eigenvalue weighted by molar-refractivity contribution is 9.10. The van der Waals surface area contributed by atoms with Crippen LogP contribution in [0.25, 0.3) is 0 Å². The van der Waals surface area contributed by atoms with E-state index in [-0.39, 0.29) is 11.9 Å². The maximum absolute atomic E-state index is 11.7. The van der Waals surface area contributed by atoms with Crippen molar-refractivity contribution in [2.45, 2.75) is 19.9 Å². The molecule has 5 heteroatoms. The maximum atomic E-state index is 11.7. The Labute approximate surface area is 123 Å². The lowest BCUT2D eigenvalue weighted by atomic mass is 10.1. The maximum Gasteiger partial charge on any atom is 0.234 e. The molecule has 19 heavy (non-hydrogen) atoms. The molecule has 0 saturated carbocycles. The van der Waals surface area contributed by atoms with Gasteiger partial charge >= 0.3 is 0 Å². The zero-order valence-electron chi connectivity index (χ0n) is 11.5. The van der Waals surface area contributed by atoms with E-state index in [2.05, 4.69) is 26.1 Å². The highest BCUT2D eigenvalue weighted by Crippen LogP contribution is 2.21. The molecule has 0 fully saturated rings. The van der Waals surface area contributed by atoms with Crippen molar-refractivity contribution in [2.75, 3.05) is 26.2 Å². The summed E-state index contributed by atoms with van der Waals surface area (Å²) in [7, 11) is 0. The fourth-order valence-corrected chi connectivity index (χ4v) is 2.33. The zero-order chi connectivity index (χ0) is 14.3. The fourth-order valence-electron chi connectivity index (χ4n) is 2.06. The summed E-state index contributed by atoms with van der Waals surface area (Å²) in [4.78, 5) is 13.8. The molecule has 1 atom stereocenters. The highest BCUT2D eigenvalue weighted by atomic mass is 79.9. The van der Waals surface area contributed by atoms with Crippen molar-refractivity contribution < 1.29 is 4.79 Å². The van der Waals surface area contributed by atoms with Gasteiger partial charge < -0.3 is 11.1 Å². The standard InChI is InChI=1S/C14H22BrN3O/c1-3-17-14(19)10-18(4-2)13(9-16)11-5-7-12(15)8-6-11/h5-8,13H,3-4,9-10,16H2,1-2H3,(H,17,19). The van der Waals surface area contributed by atoms with Gasteiger partial charge in [-0.2, -0.15) is 0 Å². The molecule has 1 amide bonds. The van der Waals surface area contributed by atoms with E-state index in [4.69, 9.17) is 5.73 Å². The molecule has 4 nitrogen and oxygen atoms in total. The van der Waals surface area contributed by atoms with E-state index in [0.29, 0.717) is 19.6 Å². The molecule has 1 aromatic rings. The minimum absolute atomic E-state index is 0.0416. The average Bonchev–Trinajstić information content (AvgIpc) is 2.40. The molecule has 106 valence electrons. The fraction of sp³-hybridized carbons (Fsp3) is 0.500. The second-order valence-corrected chi connectivity index (χ2v) is 5.24. The third-order valence-corrected chi connectivity index (χ3v) is 3.57. The van der Waals surface area contributed by atoms with Crippen LogP contribution in [0.5, 0.6) is 0 Å². The monoisotopic (exact) mass is 327 g/mol. The van der Waals surface area contributed by atoms with Crippen molar-refractivity contribution in [3.63, 3.8) is 0 Å². The summed E-state index contributed by atoms with van der Waals surface area (Å²) in [5, 5.41) is 2.82. The molecule has 1 unspecified atom stereocenters. The van der Waals surface area contributed by atoms with Crippen LogP contribution in [-0.4, -0.2) is 37.0 Å². The van der Waals surface area contributed by atoms with Crippen molar-refractivity contribution in [2.24, 2.45) is 5.73 Å². The number of nitrogens with zero attached hydrogens (tertiary/aromatic N) is 1. The quantitative estimate of drug-likeness (QED) is 0.804. The molecule has 0 aliphatic carbocycles. The Kier molecular flexibility index (Phi) is 7.05. The Bertz CT molecular complexity index is 394. The molecule has 0 saturated heterocycles. The summed E-state index contributed by atoms with van der Waals surface area (Å²) in [6.07, 6.45) is 0. The van der Waals surface area contributed by atoms with Crippen molar-refractivity contribution >= 4 is 21.8 Å². The number of hydrogen-bond acceptors (Lipinski definition) is 3. The Morgan fingerprint density at radius 1 is 1.37 bits per heavy atom. The highest BCUT2D eigenvalue weighted by Gasteiger charge is 2.19. The topological polar surface area (TPSA) is 58.4 Å². The smallest absolute Gasteiger partial charge is 0.234 e. The summed E-state index contributed by atoms with van der Waals surface area (Å²) in [5.41, 5.74) is 7.02. The predicted molar refractivity (Wildman–Crippen MR) is 81.9 cm³/mol. The zero-order valence-corrected chi connectivity index (χ0v) is 13.1. The van der Waals surface area contributed by atoms with Gasteiger partial charge in [0.05, 0.1) is 6.54 Å². The van der Waals surface area contributed by atoms with Gasteiger partial charge in [-0.05, 0) is 31.2 Å². The number of nitrogens with two attached hydrogens (primary N) is 1. The number of rotatable bonds is 7.